The molecule has 1 N–H and O–H groups in total. The zero-order chi connectivity index (χ0) is 18.6. The van der Waals surface area contributed by atoms with Crippen LogP contribution in [0.3, 0.4) is 0 Å². The number of carbonyl (C=O) groups is 1. The molecule has 0 heterocycles. The smallest absolute Gasteiger partial charge is 0.232 e. The molecule has 0 fully saturated rings. The number of sulfonamides is 1. The van der Waals surface area contributed by atoms with Crippen LogP contribution in [0.4, 0.5) is 20.2 Å². The minimum absolute atomic E-state index is 0.147. The summed E-state index contributed by atoms with van der Waals surface area (Å²) in [4.78, 5) is 12.0. The molecule has 0 aliphatic carbocycles. The third-order valence-corrected chi connectivity index (χ3v) is 4.73. The van der Waals surface area contributed by atoms with Crippen molar-refractivity contribution in [2.45, 2.75) is 13.3 Å². The predicted molar refractivity (Wildman–Crippen MR) is 93.0 cm³/mol. The molecule has 0 radical (unpaired) electrons. The largest absolute Gasteiger partial charge is 0.321 e. The van der Waals surface area contributed by atoms with Gasteiger partial charge in [0, 0.05) is 13.0 Å². The number of amides is 1. The Morgan fingerprint density at radius 2 is 1.68 bits per heavy atom. The highest BCUT2D eigenvalue weighted by Crippen LogP contribution is 2.23. The first kappa shape index (κ1) is 18.9. The summed E-state index contributed by atoms with van der Waals surface area (Å²) in [5.41, 5.74) is 0.637. The van der Waals surface area contributed by atoms with Crippen LogP contribution in [0.1, 0.15) is 12.0 Å². The molecule has 25 heavy (non-hydrogen) atoms. The summed E-state index contributed by atoms with van der Waals surface area (Å²) in [6.45, 7) is 1.61. The van der Waals surface area contributed by atoms with E-state index in [0.29, 0.717) is 5.69 Å². The molecule has 0 aromatic heterocycles. The molecule has 0 aliphatic heterocycles. The number of anilines is 2. The molecule has 1 amide bonds. The highest BCUT2D eigenvalue weighted by molar-refractivity contribution is 7.92. The number of halogens is 2. The fourth-order valence-electron chi connectivity index (χ4n) is 2.33. The van der Waals surface area contributed by atoms with Crippen molar-refractivity contribution in [1.29, 1.82) is 0 Å². The summed E-state index contributed by atoms with van der Waals surface area (Å²) >= 11 is 0. The lowest BCUT2D eigenvalue weighted by atomic mass is 10.2. The van der Waals surface area contributed by atoms with Crippen molar-refractivity contribution in [2.75, 3.05) is 22.4 Å². The van der Waals surface area contributed by atoms with Crippen LogP contribution in [0.2, 0.25) is 0 Å². The van der Waals surface area contributed by atoms with Crippen LogP contribution in [-0.2, 0) is 14.8 Å². The molecule has 0 atom stereocenters. The van der Waals surface area contributed by atoms with E-state index in [4.69, 9.17) is 0 Å². The quantitative estimate of drug-likeness (QED) is 0.852. The molecular formula is C17H18F2N2O3S. The van der Waals surface area contributed by atoms with E-state index < -0.39 is 33.3 Å². The highest BCUT2D eigenvalue weighted by Gasteiger charge is 2.20. The van der Waals surface area contributed by atoms with Crippen molar-refractivity contribution in [3.05, 3.63) is 59.7 Å². The van der Waals surface area contributed by atoms with Crippen LogP contribution in [0.5, 0.6) is 0 Å². The van der Waals surface area contributed by atoms with Crippen LogP contribution >= 0.6 is 0 Å². The van der Waals surface area contributed by atoms with E-state index in [2.05, 4.69) is 5.32 Å². The average molecular weight is 368 g/mol. The third kappa shape index (κ3) is 4.76. The number of hydrogen-bond donors (Lipinski definition) is 1. The van der Waals surface area contributed by atoms with Gasteiger partial charge in [-0.3, -0.25) is 9.10 Å². The van der Waals surface area contributed by atoms with Gasteiger partial charge in [0.2, 0.25) is 15.9 Å². The van der Waals surface area contributed by atoms with Gasteiger partial charge in [0.15, 0.2) is 0 Å². The maximum absolute atomic E-state index is 13.6. The SMILES string of the molecule is Cc1ccccc1N(CCC(=O)Nc1c(F)cccc1F)S(C)(=O)=O. The number of nitrogens with one attached hydrogen (secondary N) is 1. The van der Waals surface area contributed by atoms with Crippen molar-refractivity contribution in [3.63, 3.8) is 0 Å². The van der Waals surface area contributed by atoms with E-state index in [1.54, 1.807) is 31.2 Å². The molecule has 0 spiro atoms. The Hall–Kier alpha value is -2.48. The van der Waals surface area contributed by atoms with E-state index in [1.165, 1.54) is 6.07 Å². The fourth-order valence-corrected chi connectivity index (χ4v) is 3.32. The Morgan fingerprint density at radius 3 is 2.24 bits per heavy atom. The molecule has 0 saturated heterocycles. The fraction of sp³-hybridized carbons (Fsp3) is 0.235. The second-order valence-electron chi connectivity index (χ2n) is 5.52. The Balaban J connectivity index is 2.14. The topological polar surface area (TPSA) is 66.5 Å². The van der Waals surface area contributed by atoms with Gasteiger partial charge in [-0.25, -0.2) is 17.2 Å². The van der Waals surface area contributed by atoms with Crippen molar-refractivity contribution in [3.8, 4) is 0 Å². The Kier molecular flexibility index (Phi) is 5.73. The van der Waals surface area contributed by atoms with Gasteiger partial charge in [-0.15, -0.1) is 0 Å². The first-order chi connectivity index (χ1) is 11.7. The van der Waals surface area contributed by atoms with Gasteiger partial charge in [0.1, 0.15) is 17.3 Å². The molecule has 0 aliphatic rings. The Bertz CT molecular complexity index is 865. The zero-order valence-electron chi connectivity index (χ0n) is 13.8. The maximum atomic E-state index is 13.6. The molecule has 2 aromatic carbocycles. The van der Waals surface area contributed by atoms with Crippen molar-refractivity contribution in [1.82, 2.24) is 0 Å². The molecule has 8 heteroatoms. The second-order valence-corrected chi connectivity index (χ2v) is 7.42. The van der Waals surface area contributed by atoms with Gasteiger partial charge >= 0.3 is 0 Å². The van der Waals surface area contributed by atoms with E-state index in [-0.39, 0.29) is 13.0 Å². The normalized spacial score (nSPS) is 11.2. The molecule has 2 rings (SSSR count). The van der Waals surface area contributed by atoms with E-state index in [1.807, 2.05) is 0 Å². The number of nitrogens with zero attached hydrogens (tertiary/aromatic N) is 1. The second kappa shape index (κ2) is 7.60. The standard InChI is InChI=1S/C17H18F2N2O3S/c1-12-6-3-4-9-15(12)21(25(2,23)24)11-10-16(22)20-17-13(18)7-5-8-14(17)19/h3-9H,10-11H2,1-2H3,(H,20,22). The average Bonchev–Trinajstić information content (AvgIpc) is 2.52. The summed E-state index contributed by atoms with van der Waals surface area (Å²) in [5.74, 6) is -2.48. The molecule has 5 nitrogen and oxygen atoms in total. The Labute approximate surface area is 145 Å². The van der Waals surface area contributed by atoms with Crippen LogP contribution in [-0.4, -0.2) is 27.1 Å². The van der Waals surface area contributed by atoms with Gasteiger partial charge in [-0.1, -0.05) is 24.3 Å². The first-order valence-electron chi connectivity index (χ1n) is 7.47. The minimum Gasteiger partial charge on any atom is -0.321 e. The summed E-state index contributed by atoms with van der Waals surface area (Å²) in [6, 6.07) is 10.1. The number of rotatable bonds is 6. The maximum Gasteiger partial charge on any atom is 0.232 e. The predicted octanol–water partition coefficient (Wildman–Crippen LogP) is 3.07. The van der Waals surface area contributed by atoms with Crippen LogP contribution in [0.25, 0.3) is 0 Å². The molecule has 2 aromatic rings. The third-order valence-electron chi connectivity index (χ3n) is 3.55. The van der Waals surface area contributed by atoms with E-state index >= 15 is 0 Å². The molecule has 134 valence electrons. The van der Waals surface area contributed by atoms with Crippen LogP contribution < -0.4 is 9.62 Å². The highest BCUT2D eigenvalue weighted by atomic mass is 32.2. The molecule has 0 bridgehead atoms. The zero-order valence-corrected chi connectivity index (χ0v) is 14.6. The monoisotopic (exact) mass is 368 g/mol. The van der Waals surface area contributed by atoms with Gasteiger partial charge in [-0.05, 0) is 30.7 Å². The summed E-state index contributed by atoms with van der Waals surface area (Å²) < 4.78 is 52.3. The van der Waals surface area contributed by atoms with Crippen molar-refractivity contribution >= 4 is 27.3 Å². The van der Waals surface area contributed by atoms with Crippen LogP contribution in [0.15, 0.2) is 42.5 Å². The minimum atomic E-state index is -3.62. The van der Waals surface area contributed by atoms with E-state index in [9.17, 15) is 22.0 Å². The lowest BCUT2D eigenvalue weighted by Gasteiger charge is -2.23. The lowest BCUT2D eigenvalue weighted by molar-refractivity contribution is -0.116. The summed E-state index contributed by atoms with van der Waals surface area (Å²) in [7, 11) is -3.62. The number of hydrogen-bond acceptors (Lipinski definition) is 3. The summed E-state index contributed by atoms with van der Waals surface area (Å²) in [5, 5.41) is 2.14. The number of carbonyl (C=O) groups excluding carboxylic acids is 1. The first-order valence-corrected chi connectivity index (χ1v) is 9.32. The molecule has 0 unspecified atom stereocenters. The van der Waals surface area contributed by atoms with Gasteiger partial charge in [-0.2, -0.15) is 0 Å². The number of benzene rings is 2. The van der Waals surface area contributed by atoms with Crippen molar-refractivity contribution in [2.24, 2.45) is 0 Å². The number of para-hydroxylation sites is 2. The van der Waals surface area contributed by atoms with Gasteiger partial charge in [0.05, 0.1) is 11.9 Å². The van der Waals surface area contributed by atoms with Gasteiger partial charge in [0.25, 0.3) is 0 Å². The van der Waals surface area contributed by atoms with Crippen molar-refractivity contribution < 1.29 is 22.0 Å². The Morgan fingerprint density at radius 1 is 1.08 bits per heavy atom. The lowest BCUT2D eigenvalue weighted by Crippen LogP contribution is -2.33. The van der Waals surface area contributed by atoms with Gasteiger partial charge < -0.3 is 5.32 Å². The van der Waals surface area contributed by atoms with E-state index in [0.717, 1.165) is 28.3 Å². The molecule has 0 saturated carbocycles. The molecular weight excluding hydrogens is 350 g/mol. The van der Waals surface area contributed by atoms with Crippen LogP contribution in [0, 0.1) is 18.6 Å². The number of aryl methyl sites for hydroxylation is 1. The summed E-state index contributed by atoms with van der Waals surface area (Å²) in [6.07, 6.45) is 0.781.